The largest absolute Gasteiger partial charge is 0.489 e. The summed E-state index contributed by atoms with van der Waals surface area (Å²) in [6.07, 6.45) is 0.275. The van der Waals surface area contributed by atoms with Crippen LogP contribution in [0.3, 0.4) is 0 Å². The van der Waals surface area contributed by atoms with E-state index in [1.165, 1.54) is 11.6 Å². The van der Waals surface area contributed by atoms with Crippen molar-refractivity contribution in [2.45, 2.75) is 54.6 Å². The summed E-state index contributed by atoms with van der Waals surface area (Å²) >= 11 is 0. The van der Waals surface area contributed by atoms with Gasteiger partial charge in [-0.05, 0) is 30.0 Å². The van der Waals surface area contributed by atoms with Gasteiger partial charge in [-0.25, -0.2) is 4.39 Å². The minimum atomic E-state index is -0.322. The number of benzene rings is 2. The van der Waals surface area contributed by atoms with E-state index >= 15 is 0 Å². The minimum Gasteiger partial charge on any atom is -0.489 e. The minimum absolute atomic E-state index is 0.167. The predicted octanol–water partition coefficient (Wildman–Crippen LogP) is 6.43. The van der Waals surface area contributed by atoms with Crippen LogP contribution in [0.25, 0.3) is 0 Å². The van der Waals surface area contributed by atoms with Crippen LogP contribution in [-0.4, -0.2) is 0 Å². The third kappa shape index (κ3) is 15.6. The average molecular weight is 444 g/mol. The zero-order chi connectivity index (χ0) is 25.3. The van der Waals surface area contributed by atoms with Crippen LogP contribution < -0.4 is 21.9 Å². The zero-order valence-electron chi connectivity index (χ0n) is 20.7. The van der Waals surface area contributed by atoms with Gasteiger partial charge in [-0.3, -0.25) is 0 Å². The first-order valence-corrected chi connectivity index (χ1v) is 10.6. The van der Waals surface area contributed by atoms with Crippen LogP contribution in [0.5, 0.6) is 5.75 Å². The van der Waals surface area contributed by atoms with Crippen LogP contribution in [0, 0.1) is 11.2 Å². The van der Waals surface area contributed by atoms with Crippen molar-refractivity contribution in [2.75, 3.05) is 0 Å². The molecule has 0 fully saturated rings. The summed E-state index contributed by atoms with van der Waals surface area (Å²) in [6, 6.07) is 14.5. The number of ether oxygens (including phenoxy) is 1. The fourth-order valence-electron chi connectivity index (χ4n) is 1.81. The summed E-state index contributed by atoms with van der Waals surface area (Å²) < 4.78 is 19.4. The smallest absolute Gasteiger partial charge is 0.130 e. The van der Waals surface area contributed by atoms with Gasteiger partial charge in [-0.1, -0.05) is 96.3 Å². The molecule has 0 radical (unpaired) electrons. The summed E-state index contributed by atoms with van der Waals surface area (Å²) in [5.41, 5.74) is 18.4. The average Bonchev–Trinajstić information content (AvgIpc) is 2.70. The molecular formula is C27H42FN3O. The van der Waals surface area contributed by atoms with Gasteiger partial charge in [0, 0.05) is 17.7 Å². The third-order valence-corrected chi connectivity index (χ3v) is 4.00. The maximum atomic E-state index is 13.8. The molecule has 32 heavy (non-hydrogen) atoms. The Hall–Kier alpha value is -3.21. The summed E-state index contributed by atoms with van der Waals surface area (Å²) in [4.78, 5) is 0. The van der Waals surface area contributed by atoms with E-state index in [0.29, 0.717) is 29.0 Å². The van der Waals surface area contributed by atoms with Crippen molar-refractivity contribution in [3.63, 3.8) is 0 Å². The quantitative estimate of drug-likeness (QED) is 0.465. The van der Waals surface area contributed by atoms with E-state index in [0.717, 1.165) is 5.56 Å². The highest BCUT2D eigenvalue weighted by atomic mass is 19.1. The van der Waals surface area contributed by atoms with Gasteiger partial charge in [0.1, 0.15) is 18.2 Å². The molecule has 0 unspecified atom stereocenters. The van der Waals surface area contributed by atoms with Gasteiger partial charge in [0.25, 0.3) is 0 Å². The van der Waals surface area contributed by atoms with Gasteiger partial charge in [0.2, 0.25) is 0 Å². The molecular weight excluding hydrogens is 401 g/mol. The van der Waals surface area contributed by atoms with Crippen molar-refractivity contribution < 1.29 is 9.13 Å². The number of rotatable bonds is 5. The predicted molar refractivity (Wildman–Crippen MR) is 137 cm³/mol. The Morgan fingerprint density at radius 1 is 0.906 bits per heavy atom. The molecule has 5 heteroatoms. The molecule has 0 aromatic heterocycles. The lowest BCUT2D eigenvalue weighted by molar-refractivity contribution is 0.301. The van der Waals surface area contributed by atoms with Crippen molar-refractivity contribution in [1.29, 1.82) is 0 Å². The summed E-state index contributed by atoms with van der Waals surface area (Å²) in [7, 11) is 0. The van der Waals surface area contributed by atoms with Gasteiger partial charge >= 0.3 is 0 Å². The highest BCUT2D eigenvalue weighted by molar-refractivity contribution is 5.37. The van der Waals surface area contributed by atoms with Gasteiger partial charge in [0.05, 0.1) is 5.82 Å². The molecule has 2 aromatic rings. The van der Waals surface area contributed by atoms with Crippen molar-refractivity contribution in [3.8, 4) is 5.75 Å². The first-order chi connectivity index (χ1) is 14.8. The maximum absolute atomic E-state index is 13.8. The lowest BCUT2D eigenvalue weighted by Gasteiger charge is -2.16. The van der Waals surface area contributed by atoms with Crippen molar-refractivity contribution in [2.24, 2.45) is 22.6 Å². The van der Waals surface area contributed by atoms with E-state index in [4.69, 9.17) is 21.9 Å². The molecule has 0 aliphatic heterocycles. The molecule has 0 bridgehead atoms. The second-order valence-electron chi connectivity index (χ2n) is 7.93. The fourth-order valence-corrected chi connectivity index (χ4v) is 1.81. The molecule has 0 saturated carbocycles. The zero-order valence-corrected chi connectivity index (χ0v) is 20.7. The molecule has 0 atom stereocenters. The molecule has 0 aliphatic carbocycles. The second kappa shape index (κ2) is 16.5. The SMILES string of the molecule is C=C(C)C(C)(C)C.C=C(N)Cc1c(F)cccc1OCc1ccccc1.C=C(N)N.CC. The second-order valence-corrected chi connectivity index (χ2v) is 7.93. The van der Waals surface area contributed by atoms with Crippen molar-refractivity contribution in [3.05, 3.63) is 102 Å². The van der Waals surface area contributed by atoms with Crippen LogP contribution in [0.2, 0.25) is 0 Å². The Bertz CT molecular complexity index is 821. The molecule has 4 nitrogen and oxygen atoms in total. The van der Waals surface area contributed by atoms with Crippen LogP contribution in [-0.2, 0) is 13.0 Å². The Morgan fingerprint density at radius 3 is 1.78 bits per heavy atom. The highest BCUT2D eigenvalue weighted by Crippen LogP contribution is 2.24. The molecule has 0 heterocycles. The number of halogens is 1. The monoisotopic (exact) mass is 443 g/mol. The third-order valence-electron chi connectivity index (χ3n) is 4.00. The Balaban J connectivity index is 0. The van der Waals surface area contributed by atoms with E-state index in [1.54, 1.807) is 12.1 Å². The molecule has 2 rings (SSSR count). The van der Waals surface area contributed by atoms with E-state index in [9.17, 15) is 4.39 Å². The molecule has 0 aliphatic rings. The van der Waals surface area contributed by atoms with Crippen LogP contribution in [0.15, 0.2) is 85.4 Å². The number of nitrogens with two attached hydrogens (primary N) is 3. The molecule has 2 aromatic carbocycles. The topological polar surface area (TPSA) is 87.3 Å². The van der Waals surface area contributed by atoms with Crippen molar-refractivity contribution >= 4 is 0 Å². The molecule has 0 amide bonds. The fraction of sp³-hybridized carbons (Fsp3) is 0.333. The normalized spacial score (nSPS) is 9.47. The maximum Gasteiger partial charge on any atom is 0.130 e. The molecule has 178 valence electrons. The van der Waals surface area contributed by atoms with Crippen molar-refractivity contribution in [1.82, 2.24) is 0 Å². The first-order valence-electron chi connectivity index (χ1n) is 10.6. The summed E-state index contributed by atoms with van der Waals surface area (Å²) in [5.74, 6) is 0.354. The Morgan fingerprint density at radius 2 is 1.38 bits per heavy atom. The standard InChI is InChI=1S/C16H16FNO.C7H14.C2H6N2.C2H6/c1-12(18)10-14-15(17)8-5-9-16(14)19-11-13-6-3-2-4-7-13;1-6(2)7(3,4)5;1-2(3)4;1-2/h2-9H,1,10-11,18H2;1H2,2-5H3;1,3-4H2;1-2H3. The van der Waals surface area contributed by atoms with Gasteiger partial charge in [-0.15, -0.1) is 0 Å². The van der Waals surface area contributed by atoms with E-state index in [1.807, 2.05) is 44.2 Å². The lowest BCUT2D eigenvalue weighted by atomic mass is 9.89. The van der Waals surface area contributed by atoms with Crippen LogP contribution in [0.4, 0.5) is 4.39 Å². The Labute approximate surface area is 194 Å². The number of hydrogen-bond acceptors (Lipinski definition) is 4. The Kier molecular flexibility index (Phi) is 16.0. The number of allylic oxidation sites excluding steroid dienone is 2. The van der Waals surface area contributed by atoms with Gasteiger partial charge in [-0.2, -0.15) is 0 Å². The molecule has 6 N–H and O–H groups in total. The van der Waals surface area contributed by atoms with E-state index in [-0.39, 0.29) is 18.1 Å². The summed E-state index contributed by atoms with van der Waals surface area (Å²) in [6.45, 7) is 23.5. The highest BCUT2D eigenvalue weighted by Gasteiger charge is 2.10. The summed E-state index contributed by atoms with van der Waals surface area (Å²) in [5, 5.41) is 0. The van der Waals surface area contributed by atoms with Gasteiger partial charge < -0.3 is 21.9 Å². The molecule has 0 spiro atoms. The van der Waals surface area contributed by atoms with Crippen LogP contribution >= 0.6 is 0 Å². The first kappa shape index (κ1) is 31.0. The van der Waals surface area contributed by atoms with E-state index in [2.05, 4.69) is 47.4 Å². The van der Waals surface area contributed by atoms with Crippen LogP contribution in [0.1, 0.15) is 52.7 Å². The van der Waals surface area contributed by atoms with Gasteiger partial charge in [0.15, 0.2) is 0 Å². The van der Waals surface area contributed by atoms with E-state index < -0.39 is 0 Å². The molecule has 0 saturated heterocycles. The number of hydrogen-bond donors (Lipinski definition) is 3. The lowest BCUT2D eigenvalue weighted by Crippen LogP contribution is -2.05.